The lowest BCUT2D eigenvalue weighted by Gasteiger charge is -2.22. The normalized spacial score (nSPS) is 15.0. The zero-order valence-electron chi connectivity index (χ0n) is 22.0. The van der Waals surface area contributed by atoms with Gasteiger partial charge in [-0.1, -0.05) is 115 Å². The molecule has 0 aromatic heterocycles. The lowest BCUT2D eigenvalue weighted by Crippen LogP contribution is -2.50. The Kier molecular flexibility index (Phi) is 21.2. The van der Waals surface area contributed by atoms with E-state index < -0.39 is 40.0 Å². The van der Waals surface area contributed by atoms with Gasteiger partial charge in [0.1, 0.15) is 6.10 Å². The van der Waals surface area contributed by atoms with Crippen LogP contribution in [-0.2, 0) is 14.9 Å². The molecule has 3 atom stereocenters. The molecule has 35 heavy (non-hydrogen) atoms. The van der Waals surface area contributed by atoms with Gasteiger partial charge >= 0.3 is 0 Å². The third-order valence-electron chi connectivity index (χ3n) is 5.97. The van der Waals surface area contributed by atoms with Gasteiger partial charge in [-0.15, -0.1) is 0 Å². The van der Waals surface area contributed by atoms with Gasteiger partial charge in [0.2, 0.25) is 5.91 Å². The van der Waals surface area contributed by atoms with Crippen LogP contribution in [0.5, 0.6) is 0 Å². The quantitative estimate of drug-likeness (QED) is 0.0809. The highest BCUT2D eigenvalue weighted by molar-refractivity contribution is 7.85. The highest BCUT2D eigenvalue weighted by Crippen LogP contribution is 2.13. The molecule has 0 saturated heterocycles. The molecule has 0 aromatic rings. The van der Waals surface area contributed by atoms with E-state index in [1.807, 2.05) is 6.08 Å². The molecular formula is C27H51NO6S. The van der Waals surface area contributed by atoms with Crippen LogP contribution in [0.3, 0.4) is 0 Å². The highest BCUT2D eigenvalue weighted by Gasteiger charge is 2.27. The number of hydrogen-bond donors (Lipinski definition) is 4. The molecule has 0 aliphatic carbocycles. The van der Waals surface area contributed by atoms with Crippen LogP contribution in [0.1, 0.15) is 117 Å². The first-order valence-corrected chi connectivity index (χ1v) is 15.3. The van der Waals surface area contributed by atoms with E-state index in [2.05, 4.69) is 25.2 Å². The Bertz CT molecular complexity index is 677. The summed E-state index contributed by atoms with van der Waals surface area (Å²) in [7, 11) is -4.43. The van der Waals surface area contributed by atoms with E-state index in [0.717, 1.165) is 38.5 Å². The van der Waals surface area contributed by atoms with Crippen LogP contribution in [0.4, 0.5) is 0 Å². The third-order valence-corrected chi connectivity index (χ3v) is 6.75. The number of unbranched alkanes of at least 4 members (excludes halogenated alkanes) is 12. The molecular weight excluding hydrogens is 466 g/mol. The Balaban J connectivity index is 4.32. The molecule has 0 saturated carbocycles. The van der Waals surface area contributed by atoms with Crippen LogP contribution in [0.25, 0.3) is 0 Å². The van der Waals surface area contributed by atoms with Gasteiger partial charge < -0.3 is 15.5 Å². The van der Waals surface area contributed by atoms with Crippen molar-refractivity contribution in [3.63, 3.8) is 0 Å². The van der Waals surface area contributed by atoms with Crippen molar-refractivity contribution in [1.29, 1.82) is 0 Å². The van der Waals surface area contributed by atoms with Gasteiger partial charge in [0, 0.05) is 0 Å². The maximum Gasteiger partial charge on any atom is 0.267 e. The fourth-order valence-electron chi connectivity index (χ4n) is 3.83. The monoisotopic (exact) mass is 517 g/mol. The predicted molar refractivity (Wildman–Crippen MR) is 144 cm³/mol. The molecule has 1 amide bonds. The zero-order chi connectivity index (χ0) is 26.4. The van der Waals surface area contributed by atoms with Crippen LogP contribution in [0.2, 0.25) is 0 Å². The molecule has 0 bridgehead atoms. The predicted octanol–water partition coefficient (Wildman–Crippen LogP) is 5.47. The SMILES string of the molecule is CCC/C=C/CC/C=C/C(O)C(CS(=O)(=O)O)NC(=O)C(O)CCCCCCCCCCCCC. The van der Waals surface area contributed by atoms with Crippen LogP contribution < -0.4 is 5.32 Å². The largest absolute Gasteiger partial charge is 0.387 e. The van der Waals surface area contributed by atoms with Gasteiger partial charge in [0.25, 0.3) is 10.1 Å². The van der Waals surface area contributed by atoms with E-state index in [9.17, 15) is 28.0 Å². The number of aliphatic hydroxyl groups is 2. The second-order valence-corrected chi connectivity index (χ2v) is 11.0. The summed E-state index contributed by atoms with van der Waals surface area (Å²) in [5.74, 6) is -1.56. The average Bonchev–Trinajstić information content (AvgIpc) is 2.80. The van der Waals surface area contributed by atoms with Crippen LogP contribution in [0.15, 0.2) is 24.3 Å². The van der Waals surface area contributed by atoms with E-state index >= 15 is 0 Å². The molecule has 0 aliphatic heterocycles. The van der Waals surface area contributed by atoms with Gasteiger partial charge in [-0.05, 0) is 25.7 Å². The van der Waals surface area contributed by atoms with Crippen molar-refractivity contribution in [2.75, 3.05) is 5.75 Å². The number of rotatable bonds is 23. The minimum Gasteiger partial charge on any atom is -0.387 e. The van der Waals surface area contributed by atoms with Gasteiger partial charge in [-0.3, -0.25) is 9.35 Å². The minimum absolute atomic E-state index is 0.275. The highest BCUT2D eigenvalue weighted by atomic mass is 32.2. The van der Waals surface area contributed by atoms with Gasteiger partial charge in [-0.25, -0.2) is 0 Å². The molecule has 8 heteroatoms. The van der Waals surface area contributed by atoms with E-state index in [4.69, 9.17) is 0 Å². The number of amides is 1. The van der Waals surface area contributed by atoms with Crippen molar-refractivity contribution >= 4 is 16.0 Å². The van der Waals surface area contributed by atoms with Crippen molar-refractivity contribution in [2.45, 2.75) is 135 Å². The summed E-state index contributed by atoms with van der Waals surface area (Å²) in [5.41, 5.74) is 0. The molecule has 0 aromatic carbocycles. The molecule has 0 aliphatic rings. The van der Waals surface area contributed by atoms with E-state index in [0.29, 0.717) is 12.8 Å². The standard InChI is InChI=1S/C27H51NO6S/c1-3-5-7-9-11-12-13-14-16-18-20-22-26(30)27(31)28-24(23-35(32,33)34)25(29)21-19-17-15-10-8-6-4-2/h8,10,19,21,24-26,29-30H,3-7,9,11-18,20,22-23H2,1-2H3,(H,28,31)(H,32,33,34)/b10-8+,21-19+. The summed E-state index contributed by atoms with van der Waals surface area (Å²) < 4.78 is 31.9. The Morgan fingerprint density at radius 3 is 1.83 bits per heavy atom. The van der Waals surface area contributed by atoms with Crippen molar-refractivity contribution in [3.8, 4) is 0 Å². The number of carbonyl (C=O) groups is 1. The molecule has 0 fully saturated rings. The second kappa shape index (κ2) is 22.0. The summed E-state index contributed by atoms with van der Waals surface area (Å²) in [4.78, 5) is 12.4. The smallest absolute Gasteiger partial charge is 0.267 e. The topological polar surface area (TPSA) is 124 Å². The van der Waals surface area contributed by atoms with Crippen LogP contribution in [-0.4, -0.2) is 53.1 Å². The Morgan fingerprint density at radius 2 is 1.29 bits per heavy atom. The van der Waals surface area contributed by atoms with Crippen molar-refractivity contribution < 1.29 is 28.0 Å². The molecule has 3 unspecified atom stereocenters. The van der Waals surface area contributed by atoms with Crippen molar-refractivity contribution in [3.05, 3.63) is 24.3 Å². The average molecular weight is 518 g/mol. The first-order valence-electron chi connectivity index (χ1n) is 13.6. The Labute approximate surface area is 214 Å². The molecule has 0 spiro atoms. The van der Waals surface area contributed by atoms with Gasteiger partial charge in [0.05, 0.1) is 17.9 Å². The fraction of sp³-hybridized carbons (Fsp3) is 0.815. The summed E-state index contributed by atoms with van der Waals surface area (Å²) in [6, 6.07) is -1.24. The van der Waals surface area contributed by atoms with E-state index in [-0.39, 0.29) is 6.42 Å². The second-order valence-electron chi connectivity index (χ2n) is 9.46. The lowest BCUT2D eigenvalue weighted by atomic mass is 10.0. The third kappa shape index (κ3) is 21.8. The van der Waals surface area contributed by atoms with Crippen molar-refractivity contribution in [1.82, 2.24) is 5.32 Å². The van der Waals surface area contributed by atoms with Crippen LogP contribution in [0, 0.1) is 0 Å². The lowest BCUT2D eigenvalue weighted by molar-refractivity contribution is -0.130. The Hall–Kier alpha value is -1.22. The molecule has 0 rings (SSSR count). The summed E-state index contributed by atoms with van der Waals surface area (Å²) in [6.45, 7) is 4.31. The number of nitrogens with one attached hydrogen (secondary N) is 1. The molecule has 0 radical (unpaired) electrons. The van der Waals surface area contributed by atoms with Crippen LogP contribution >= 0.6 is 0 Å². The summed E-state index contributed by atoms with van der Waals surface area (Å²) in [6.07, 6.45) is 21.3. The van der Waals surface area contributed by atoms with Gasteiger partial charge in [-0.2, -0.15) is 8.42 Å². The Morgan fingerprint density at radius 1 is 0.771 bits per heavy atom. The summed E-state index contributed by atoms with van der Waals surface area (Å²) >= 11 is 0. The molecule has 206 valence electrons. The first-order chi connectivity index (χ1) is 16.7. The number of hydrogen-bond acceptors (Lipinski definition) is 5. The first kappa shape index (κ1) is 33.8. The fourth-order valence-corrected chi connectivity index (χ4v) is 4.56. The zero-order valence-corrected chi connectivity index (χ0v) is 22.9. The maximum absolute atomic E-state index is 12.4. The van der Waals surface area contributed by atoms with E-state index in [1.54, 1.807) is 6.08 Å². The van der Waals surface area contributed by atoms with Crippen molar-refractivity contribution in [2.24, 2.45) is 0 Å². The van der Waals surface area contributed by atoms with E-state index in [1.165, 1.54) is 51.0 Å². The maximum atomic E-state index is 12.4. The summed E-state index contributed by atoms with van der Waals surface area (Å²) in [5, 5.41) is 22.9. The molecule has 4 N–H and O–H groups in total. The minimum atomic E-state index is -4.43. The van der Waals surface area contributed by atoms with Gasteiger partial charge in [0.15, 0.2) is 0 Å². The number of allylic oxidation sites excluding steroid dienone is 3. The molecule has 0 heterocycles. The number of carbonyl (C=O) groups excluding carboxylic acids is 1. The molecule has 7 nitrogen and oxygen atoms in total. The number of aliphatic hydroxyl groups excluding tert-OH is 2.